The summed E-state index contributed by atoms with van der Waals surface area (Å²) in [6.45, 7) is 6.97. The molecule has 1 aromatic carbocycles. The number of hydrogen-bond acceptors (Lipinski definition) is 4. The highest BCUT2D eigenvalue weighted by Crippen LogP contribution is 2.26. The first-order valence-electron chi connectivity index (χ1n) is 8.80. The number of aromatic nitrogens is 5. The average molecular weight is 350 g/mol. The Balaban J connectivity index is 1.61. The van der Waals surface area contributed by atoms with Gasteiger partial charge in [0.1, 0.15) is 11.9 Å². The minimum Gasteiger partial charge on any atom is -0.329 e. The van der Waals surface area contributed by atoms with Crippen LogP contribution in [0.15, 0.2) is 30.3 Å². The number of aromatic amines is 1. The zero-order valence-electron chi connectivity index (χ0n) is 15.2. The van der Waals surface area contributed by atoms with Gasteiger partial charge < -0.3 is 9.47 Å². The molecule has 1 aliphatic rings. The van der Waals surface area contributed by atoms with E-state index in [0.717, 1.165) is 34.2 Å². The molecule has 0 spiro atoms. The zero-order valence-corrected chi connectivity index (χ0v) is 15.2. The Morgan fingerprint density at radius 3 is 2.65 bits per heavy atom. The number of carbonyl (C=O) groups excluding carboxylic acids is 1. The van der Waals surface area contributed by atoms with Gasteiger partial charge in [0.05, 0.1) is 12.2 Å². The summed E-state index contributed by atoms with van der Waals surface area (Å²) in [5.74, 6) is 1.75. The molecule has 0 saturated heterocycles. The molecule has 0 saturated carbocycles. The van der Waals surface area contributed by atoms with Gasteiger partial charge in [-0.2, -0.15) is 5.10 Å². The quantitative estimate of drug-likeness (QED) is 0.783. The standard InChI is InChI=1S/C19H22N6O/c1-12-16(13(2)21-20-12)9-17-22-23-18-11-24(19(26)14(3)25(17)18)10-15-7-5-4-6-8-15/h4-8,14H,9-11H2,1-3H3,(H,20,21)/t14-/m0/s1. The number of H-pyrrole nitrogens is 1. The Bertz CT molecular complexity index is 923. The molecule has 7 nitrogen and oxygen atoms in total. The van der Waals surface area contributed by atoms with Crippen LogP contribution in [0, 0.1) is 13.8 Å². The third-order valence-corrected chi connectivity index (χ3v) is 5.06. The SMILES string of the molecule is Cc1n[nH]c(C)c1Cc1nnc2n1[C@@H](C)C(=O)N(Cc1ccccc1)C2. The molecule has 0 aliphatic carbocycles. The molecular formula is C19H22N6O. The van der Waals surface area contributed by atoms with Crippen molar-refractivity contribution in [2.75, 3.05) is 0 Å². The number of rotatable bonds is 4. The van der Waals surface area contributed by atoms with Gasteiger partial charge in [-0.25, -0.2) is 0 Å². The van der Waals surface area contributed by atoms with Gasteiger partial charge in [-0.3, -0.25) is 9.89 Å². The molecule has 1 N–H and O–H groups in total. The number of nitrogens with zero attached hydrogens (tertiary/aromatic N) is 5. The van der Waals surface area contributed by atoms with Gasteiger partial charge in [0.25, 0.3) is 0 Å². The molecule has 3 aromatic rings. The van der Waals surface area contributed by atoms with Crippen molar-refractivity contribution in [1.82, 2.24) is 29.9 Å². The minimum absolute atomic E-state index is 0.100. The number of carbonyl (C=O) groups is 1. The van der Waals surface area contributed by atoms with E-state index in [4.69, 9.17) is 0 Å². The van der Waals surface area contributed by atoms with Gasteiger partial charge in [-0.15, -0.1) is 10.2 Å². The lowest BCUT2D eigenvalue weighted by atomic mass is 10.1. The van der Waals surface area contributed by atoms with Gasteiger partial charge >= 0.3 is 0 Å². The van der Waals surface area contributed by atoms with Crippen LogP contribution >= 0.6 is 0 Å². The van der Waals surface area contributed by atoms with Gasteiger partial charge in [0, 0.05) is 24.2 Å². The second-order valence-electron chi connectivity index (χ2n) is 6.85. The highest BCUT2D eigenvalue weighted by Gasteiger charge is 2.33. The largest absolute Gasteiger partial charge is 0.329 e. The summed E-state index contributed by atoms with van der Waals surface area (Å²) in [6.07, 6.45) is 0.622. The molecule has 0 fully saturated rings. The Morgan fingerprint density at radius 1 is 1.19 bits per heavy atom. The van der Waals surface area contributed by atoms with E-state index < -0.39 is 0 Å². The second-order valence-corrected chi connectivity index (χ2v) is 6.85. The molecule has 0 bridgehead atoms. The summed E-state index contributed by atoms with van der Waals surface area (Å²) in [7, 11) is 0. The van der Waals surface area contributed by atoms with Crippen molar-refractivity contribution in [1.29, 1.82) is 0 Å². The fourth-order valence-electron chi connectivity index (χ4n) is 3.59. The summed E-state index contributed by atoms with van der Waals surface area (Å²) in [6, 6.07) is 9.72. The monoisotopic (exact) mass is 350 g/mol. The number of hydrogen-bond donors (Lipinski definition) is 1. The third kappa shape index (κ3) is 2.79. The first-order chi connectivity index (χ1) is 12.5. The molecule has 1 amide bonds. The Hall–Kier alpha value is -2.96. The number of aryl methyl sites for hydroxylation is 2. The maximum atomic E-state index is 12.9. The zero-order chi connectivity index (χ0) is 18.3. The van der Waals surface area contributed by atoms with E-state index >= 15 is 0 Å². The number of fused-ring (bicyclic) bond motifs is 1. The average Bonchev–Trinajstić information content (AvgIpc) is 3.18. The van der Waals surface area contributed by atoms with Gasteiger partial charge in [0.15, 0.2) is 5.82 Å². The van der Waals surface area contributed by atoms with E-state index in [-0.39, 0.29) is 11.9 Å². The molecule has 1 aliphatic heterocycles. The lowest BCUT2D eigenvalue weighted by Gasteiger charge is -2.32. The molecule has 2 aromatic heterocycles. The molecule has 26 heavy (non-hydrogen) atoms. The molecular weight excluding hydrogens is 328 g/mol. The first kappa shape index (κ1) is 16.5. The van der Waals surface area contributed by atoms with Crippen molar-refractivity contribution in [2.45, 2.75) is 46.3 Å². The lowest BCUT2D eigenvalue weighted by molar-refractivity contribution is -0.137. The smallest absolute Gasteiger partial charge is 0.246 e. The maximum Gasteiger partial charge on any atom is 0.246 e. The molecule has 4 rings (SSSR count). The fourth-order valence-corrected chi connectivity index (χ4v) is 3.59. The molecule has 1 atom stereocenters. The second kappa shape index (κ2) is 6.40. The van der Waals surface area contributed by atoms with Crippen LogP contribution in [-0.4, -0.2) is 35.8 Å². The number of amides is 1. The summed E-state index contributed by atoms with van der Waals surface area (Å²) in [5.41, 5.74) is 4.22. The minimum atomic E-state index is -0.306. The van der Waals surface area contributed by atoms with Crippen LogP contribution in [0.1, 0.15) is 47.1 Å². The van der Waals surface area contributed by atoms with Crippen LogP contribution < -0.4 is 0 Å². The van der Waals surface area contributed by atoms with Crippen LogP contribution in [-0.2, 0) is 24.3 Å². The third-order valence-electron chi connectivity index (χ3n) is 5.06. The summed E-state index contributed by atoms with van der Waals surface area (Å²) in [5, 5.41) is 16.0. The lowest BCUT2D eigenvalue weighted by Crippen LogP contribution is -2.41. The molecule has 0 radical (unpaired) electrons. The normalized spacial score (nSPS) is 16.8. The predicted octanol–water partition coefficient (Wildman–Crippen LogP) is 2.31. The van der Waals surface area contributed by atoms with E-state index in [9.17, 15) is 4.79 Å². The predicted molar refractivity (Wildman–Crippen MR) is 96.3 cm³/mol. The molecule has 0 unspecified atom stereocenters. The molecule has 7 heteroatoms. The number of benzene rings is 1. The van der Waals surface area contributed by atoms with Gasteiger partial charge in [-0.05, 0) is 26.3 Å². The summed E-state index contributed by atoms with van der Waals surface area (Å²) < 4.78 is 1.98. The summed E-state index contributed by atoms with van der Waals surface area (Å²) >= 11 is 0. The van der Waals surface area contributed by atoms with Crippen molar-refractivity contribution in [3.05, 3.63) is 64.5 Å². The van der Waals surface area contributed by atoms with Crippen LogP contribution in [0.3, 0.4) is 0 Å². The van der Waals surface area contributed by atoms with Crippen LogP contribution in [0.2, 0.25) is 0 Å². The van der Waals surface area contributed by atoms with Crippen LogP contribution in [0.4, 0.5) is 0 Å². The number of nitrogens with one attached hydrogen (secondary N) is 1. The topological polar surface area (TPSA) is 79.7 Å². The van der Waals surface area contributed by atoms with Crippen molar-refractivity contribution in [2.24, 2.45) is 0 Å². The van der Waals surface area contributed by atoms with Crippen molar-refractivity contribution >= 4 is 5.91 Å². The Labute approximate surface area is 152 Å². The molecule has 3 heterocycles. The Morgan fingerprint density at radius 2 is 1.96 bits per heavy atom. The highest BCUT2D eigenvalue weighted by atomic mass is 16.2. The van der Waals surface area contributed by atoms with Gasteiger partial charge in [0.2, 0.25) is 5.91 Å². The maximum absolute atomic E-state index is 12.9. The Kier molecular flexibility index (Phi) is 4.06. The van der Waals surface area contributed by atoms with Crippen molar-refractivity contribution in [3.8, 4) is 0 Å². The van der Waals surface area contributed by atoms with Crippen molar-refractivity contribution in [3.63, 3.8) is 0 Å². The molecule has 134 valence electrons. The van der Waals surface area contributed by atoms with Crippen LogP contribution in [0.5, 0.6) is 0 Å². The fraction of sp³-hybridized carbons (Fsp3) is 0.368. The van der Waals surface area contributed by atoms with E-state index in [0.29, 0.717) is 19.5 Å². The van der Waals surface area contributed by atoms with Crippen LogP contribution in [0.25, 0.3) is 0 Å². The van der Waals surface area contributed by atoms with E-state index in [1.165, 1.54) is 0 Å². The first-order valence-corrected chi connectivity index (χ1v) is 8.80. The van der Waals surface area contributed by atoms with E-state index in [2.05, 4.69) is 20.4 Å². The van der Waals surface area contributed by atoms with Gasteiger partial charge in [-0.1, -0.05) is 30.3 Å². The summed E-state index contributed by atoms with van der Waals surface area (Å²) in [4.78, 5) is 14.8. The van der Waals surface area contributed by atoms with E-state index in [1.807, 2.05) is 60.6 Å². The van der Waals surface area contributed by atoms with E-state index in [1.54, 1.807) is 0 Å². The van der Waals surface area contributed by atoms with Crippen molar-refractivity contribution < 1.29 is 4.79 Å². The highest BCUT2D eigenvalue weighted by molar-refractivity contribution is 5.81.